The molecule has 2 atom stereocenters. The van der Waals surface area contributed by atoms with Crippen molar-refractivity contribution in [2.75, 3.05) is 17.1 Å². The lowest BCUT2D eigenvalue weighted by Gasteiger charge is -2.32. The van der Waals surface area contributed by atoms with E-state index in [0.717, 1.165) is 16.6 Å². The molecule has 2 aromatic rings. The molecule has 0 aliphatic heterocycles. The van der Waals surface area contributed by atoms with Gasteiger partial charge < -0.3 is 10.2 Å². The number of carbonyl (C=O) groups excluding carboxylic acids is 2. The maximum atomic E-state index is 13.7. The minimum Gasteiger partial charge on any atom is -0.352 e. The zero-order valence-electron chi connectivity index (χ0n) is 19.1. The third kappa shape index (κ3) is 7.43. The summed E-state index contributed by atoms with van der Waals surface area (Å²) in [6.07, 6.45) is 1.64. The molecule has 1 N–H and O–H groups in total. The topological polar surface area (TPSA) is 86.8 Å². The highest BCUT2D eigenvalue weighted by molar-refractivity contribution is 7.92. The Labute approximate surface area is 199 Å². The van der Waals surface area contributed by atoms with E-state index in [-0.39, 0.29) is 24.2 Å². The minimum atomic E-state index is -3.92. The van der Waals surface area contributed by atoms with Gasteiger partial charge in [0.2, 0.25) is 21.8 Å². The van der Waals surface area contributed by atoms with Crippen LogP contribution in [0.4, 0.5) is 10.1 Å². The van der Waals surface area contributed by atoms with Gasteiger partial charge in [0.25, 0.3) is 0 Å². The van der Waals surface area contributed by atoms with Crippen LogP contribution in [0.25, 0.3) is 0 Å². The van der Waals surface area contributed by atoms with E-state index in [1.165, 1.54) is 23.1 Å². The fourth-order valence-corrected chi connectivity index (χ4v) is 4.14. The van der Waals surface area contributed by atoms with E-state index in [0.29, 0.717) is 17.0 Å². The largest absolute Gasteiger partial charge is 0.352 e. The normalized spacial score (nSPS) is 13.2. The third-order valence-corrected chi connectivity index (χ3v) is 6.75. The lowest BCUT2D eigenvalue weighted by molar-refractivity contribution is -0.139. The van der Waals surface area contributed by atoms with Crippen LogP contribution in [0.1, 0.15) is 32.8 Å². The maximum absolute atomic E-state index is 13.7. The average molecular weight is 498 g/mol. The SMILES string of the molecule is CC[C@@H](C)NC(=O)[C@@H](C)N(Cc1ccccc1Cl)C(=O)CN(c1cccc(F)c1)S(C)(=O)=O. The summed E-state index contributed by atoms with van der Waals surface area (Å²) in [5.41, 5.74) is 0.618. The summed E-state index contributed by atoms with van der Waals surface area (Å²) in [5, 5.41) is 3.25. The molecule has 2 amide bonds. The maximum Gasteiger partial charge on any atom is 0.244 e. The fraction of sp³-hybridized carbons (Fsp3) is 0.391. The predicted octanol–water partition coefficient (Wildman–Crippen LogP) is 3.58. The lowest BCUT2D eigenvalue weighted by Crippen LogP contribution is -2.52. The number of hydrogen-bond acceptors (Lipinski definition) is 4. The van der Waals surface area contributed by atoms with Crippen molar-refractivity contribution in [1.82, 2.24) is 10.2 Å². The molecular formula is C23H29ClFN3O4S. The number of nitrogens with zero attached hydrogens (tertiary/aromatic N) is 2. The molecule has 0 heterocycles. The van der Waals surface area contributed by atoms with Crippen LogP contribution >= 0.6 is 11.6 Å². The number of nitrogens with one attached hydrogen (secondary N) is 1. The van der Waals surface area contributed by atoms with Gasteiger partial charge >= 0.3 is 0 Å². The monoisotopic (exact) mass is 497 g/mol. The molecule has 33 heavy (non-hydrogen) atoms. The number of amides is 2. The number of sulfonamides is 1. The van der Waals surface area contributed by atoms with Crippen molar-refractivity contribution in [2.45, 2.75) is 45.8 Å². The molecular weight excluding hydrogens is 469 g/mol. The van der Waals surface area contributed by atoms with Crippen molar-refractivity contribution in [3.05, 3.63) is 64.9 Å². The third-order valence-electron chi connectivity index (χ3n) is 5.24. The van der Waals surface area contributed by atoms with Crippen LogP contribution in [0.3, 0.4) is 0 Å². The highest BCUT2D eigenvalue weighted by Crippen LogP contribution is 2.22. The Morgan fingerprint density at radius 3 is 2.36 bits per heavy atom. The van der Waals surface area contributed by atoms with Crippen molar-refractivity contribution in [3.8, 4) is 0 Å². The summed E-state index contributed by atoms with van der Waals surface area (Å²) >= 11 is 6.27. The zero-order chi connectivity index (χ0) is 24.8. The summed E-state index contributed by atoms with van der Waals surface area (Å²) < 4.78 is 39.4. The smallest absolute Gasteiger partial charge is 0.244 e. The van der Waals surface area contributed by atoms with Gasteiger partial charge in [-0.15, -0.1) is 0 Å². The molecule has 0 saturated carbocycles. The molecule has 0 aliphatic carbocycles. The van der Waals surface area contributed by atoms with Crippen LogP contribution in [0.5, 0.6) is 0 Å². The first-order valence-electron chi connectivity index (χ1n) is 10.5. The summed E-state index contributed by atoms with van der Waals surface area (Å²) in [7, 11) is -3.92. The minimum absolute atomic E-state index is 0.00560. The van der Waals surface area contributed by atoms with Crippen molar-refractivity contribution >= 4 is 39.1 Å². The molecule has 0 unspecified atom stereocenters. The van der Waals surface area contributed by atoms with Crippen LogP contribution in [0.2, 0.25) is 5.02 Å². The number of benzene rings is 2. The van der Waals surface area contributed by atoms with Crippen molar-refractivity contribution in [2.24, 2.45) is 0 Å². The molecule has 0 fully saturated rings. The van der Waals surface area contributed by atoms with E-state index in [2.05, 4.69) is 5.32 Å². The van der Waals surface area contributed by atoms with Gasteiger partial charge in [-0.25, -0.2) is 12.8 Å². The molecule has 0 radical (unpaired) electrons. The second kappa shape index (κ2) is 11.5. The highest BCUT2D eigenvalue weighted by Gasteiger charge is 2.30. The van der Waals surface area contributed by atoms with Gasteiger partial charge in [0.05, 0.1) is 11.9 Å². The Hall–Kier alpha value is -2.65. The van der Waals surface area contributed by atoms with Gasteiger partial charge in [0.15, 0.2) is 0 Å². The van der Waals surface area contributed by atoms with Crippen LogP contribution in [-0.2, 0) is 26.2 Å². The summed E-state index contributed by atoms with van der Waals surface area (Å²) in [6.45, 7) is 4.73. The average Bonchev–Trinajstić information content (AvgIpc) is 2.75. The van der Waals surface area contributed by atoms with Gasteiger partial charge in [0, 0.05) is 17.6 Å². The first-order chi connectivity index (χ1) is 15.4. The van der Waals surface area contributed by atoms with Crippen LogP contribution < -0.4 is 9.62 Å². The second-order valence-electron chi connectivity index (χ2n) is 7.86. The molecule has 0 saturated heterocycles. The summed E-state index contributed by atoms with van der Waals surface area (Å²) in [6, 6.07) is 10.8. The van der Waals surface area contributed by atoms with Crippen molar-refractivity contribution in [3.63, 3.8) is 0 Å². The molecule has 2 aromatic carbocycles. The number of hydrogen-bond donors (Lipinski definition) is 1. The second-order valence-corrected chi connectivity index (χ2v) is 10.2. The number of halogens is 2. The molecule has 10 heteroatoms. The van der Waals surface area contributed by atoms with Gasteiger partial charge in [-0.05, 0) is 50.1 Å². The van der Waals surface area contributed by atoms with E-state index in [1.807, 2.05) is 13.8 Å². The molecule has 0 aromatic heterocycles. The molecule has 0 bridgehead atoms. The predicted molar refractivity (Wildman–Crippen MR) is 128 cm³/mol. The Balaban J connectivity index is 2.40. The lowest BCUT2D eigenvalue weighted by atomic mass is 10.1. The first-order valence-corrected chi connectivity index (χ1v) is 12.7. The van der Waals surface area contributed by atoms with Crippen molar-refractivity contribution < 1.29 is 22.4 Å². The molecule has 180 valence electrons. The Morgan fingerprint density at radius 1 is 1.12 bits per heavy atom. The van der Waals surface area contributed by atoms with Gasteiger partial charge in [-0.1, -0.05) is 42.8 Å². The highest BCUT2D eigenvalue weighted by atomic mass is 35.5. The summed E-state index contributed by atoms with van der Waals surface area (Å²) in [4.78, 5) is 27.5. The zero-order valence-corrected chi connectivity index (χ0v) is 20.7. The number of carbonyl (C=O) groups is 2. The molecule has 0 aliphatic rings. The standard InChI is InChI=1S/C23H29ClFN3O4S/c1-5-16(2)26-23(30)17(3)27(14-18-9-6-7-12-21(18)24)22(29)15-28(33(4,31)32)20-11-8-10-19(25)13-20/h6-13,16-17H,5,14-15H2,1-4H3,(H,26,30)/t16-,17-/m1/s1. The van der Waals surface area contributed by atoms with E-state index < -0.39 is 34.3 Å². The van der Waals surface area contributed by atoms with Gasteiger partial charge in [-0.2, -0.15) is 0 Å². The van der Waals surface area contributed by atoms with Crippen LogP contribution in [-0.4, -0.2) is 50.0 Å². The Kier molecular flexibility index (Phi) is 9.25. The van der Waals surface area contributed by atoms with E-state index in [9.17, 15) is 22.4 Å². The quantitative estimate of drug-likeness (QED) is 0.543. The molecule has 7 nitrogen and oxygen atoms in total. The Morgan fingerprint density at radius 2 is 1.79 bits per heavy atom. The first kappa shape index (κ1) is 26.6. The van der Waals surface area contributed by atoms with Gasteiger partial charge in [0.1, 0.15) is 18.4 Å². The van der Waals surface area contributed by atoms with Crippen molar-refractivity contribution in [1.29, 1.82) is 0 Å². The molecule has 2 rings (SSSR count). The number of rotatable bonds is 10. The van der Waals surface area contributed by atoms with Gasteiger partial charge in [-0.3, -0.25) is 13.9 Å². The summed E-state index contributed by atoms with van der Waals surface area (Å²) in [5.74, 6) is -1.64. The molecule has 0 spiro atoms. The Bertz CT molecular complexity index is 1100. The van der Waals surface area contributed by atoms with Crippen LogP contribution in [0.15, 0.2) is 48.5 Å². The fourth-order valence-electron chi connectivity index (χ4n) is 3.10. The van der Waals surface area contributed by atoms with E-state index in [1.54, 1.807) is 31.2 Å². The van der Waals surface area contributed by atoms with Crippen LogP contribution in [0, 0.1) is 5.82 Å². The number of anilines is 1. The van der Waals surface area contributed by atoms with E-state index in [4.69, 9.17) is 11.6 Å². The van der Waals surface area contributed by atoms with E-state index >= 15 is 0 Å².